The Labute approximate surface area is 373 Å². The first-order chi connectivity index (χ1) is 31.0. The van der Waals surface area contributed by atoms with Crippen molar-refractivity contribution >= 4 is 33.6 Å². The molecule has 17 heteroatoms. The minimum atomic E-state index is -4.63. The van der Waals surface area contributed by atoms with Crippen molar-refractivity contribution in [3.05, 3.63) is 71.3 Å². The average molecular weight is 899 g/mol. The van der Waals surface area contributed by atoms with Crippen LogP contribution in [-0.2, 0) is 10.9 Å². The van der Waals surface area contributed by atoms with E-state index in [1.165, 1.54) is 6.07 Å². The Kier molecular flexibility index (Phi) is 11.5. The quantitative estimate of drug-likeness (QED) is 0.110. The summed E-state index contributed by atoms with van der Waals surface area (Å²) >= 11 is 0. The standard InChI is InChI=1S/C48H51F5N8O4/c1-7-30-32(49)15-14-28-11-9-12-31(37(28)30)41-39(50)42-38-40(56-41)27(3)13-16-34-33(8-2)60(45(62)65-46(4,5)6)22-21-59(34)43(38)58-44(57-42)64-25-47-18-10-20-61(47)29(17-19-47)24-63-36-23-35(48(51,52)53)54-26-55-36/h1,9,11-12,14-15,23,26-27,29,33-34H,8,10,13,16-22,24-25H2,2-6H3/t27-,29+,33+,34-,47+/m1/s1. The highest BCUT2D eigenvalue weighted by atomic mass is 19.4. The molecule has 3 saturated heterocycles. The summed E-state index contributed by atoms with van der Waals surface area (Å²) in [5.41, 5.74) is -1.35. The van der Waals surface area contributed by atoms with Gasteiger partial charge in [-0.3, -0.25) is 4.90 Å². The second-order valence-corrected chi connectivity index (χ2v) is 18.6. The molecule has 65 heavy (non-hydrogen) atoms. The van der Waals surface area contributed by atoms with E-state index >= 15 is 8.78 Å². The highest BCUT2D eigenvalue weighted by Gasteiger charge is 2.50. The molecule has 12 nitrogen and oxygen atoms in total. The third-order valence-corrected chi connectivity index (χ3v) is 13.5. The van der Waals surface area contributed by atoms with Gasteiger partial charge in [0, 0.05) is 36.1 Å². The highest BCUT2D eigenvalue weighted by molar-refractivity contribution is 6.03. The SMILES string of the molecule is C#Cc1c(F)ccc2cccc(-c3nc4c5c(nc(OC[C@@]67CCCN6[C@H](COc6cc(C(F)(F)F)ncn6)CC7)nc5c3F)N3CCN(C(=O)OC(C)(C)C)[C@@H](CC)[C@H]3CC[C@H]4C)c12. The summed E-state index contributed by atoms with van der Waals surface area (Å²) in [5.74, 6) is 1.20. The monoisotopic (exact) mass is 898 g/mol. The van der Waals surface area contributed by atoms with Crippen molar-refractivity contribution in [2.24, 2.45) is 0 Å². The van der Waals surface area contributed by atoms with Crippen molar-refractivity contribution < 1.29 is 41.0 Å². The van der Waals surface area contributed by atoms with Crippen LogP contribution in [0.2, 0.25) is 0 Å². The lowest BCUT2D eigenvalue weighted by atomic mass is 9.86. The molecule has 0 aliphatic carbocycles. The largest absolute Gasteiger partial charge is 0.476 e. The maximum atomic E-state index is 17.8. The van der Waals surface area contributed by atoms with Crippen LogP contribution >= 0.6 is 0 Å². The minimum absolute atomic E-state index is 0.00237. The number of benzene rings is 2. The van der Waals surface area contributed by atoms with Crippen LogP contribution in [0.4, 0.5) is 32.6 Å². The Morgan fingerprint density at radius 3 is 2.54 bits per heavy atom. The molecule has 2 aromatic carbocycles. The summed E-state index contributed by atoms with van der Waals surface area (Å²) in [4.78, 5) is 42.1. The Morgan fingerprint density at radius 1 is 0.969 bits per heavy atom. The summed E-state index contributed by atoms with van der Waals surface area (Å²) in [6, 6.07) is 8.30. The van der Waals surface area contributed by atoms with Crippen LogP contribution in [0.5, 0.6) is 11.9 Å². The molecule has 7 heterocycles. The van der Waals surface area contributed by atoms with Gasteiger partial charge < -0.3 is 24.0 Å². The summed E-state index contributed by atoms with van der Waals surface area (Å²) in [5, 5.41) is 1.43. The molecule has 5 aromatic rings. The van der Waals surface area contributed by atoms with Gasteiger partial charge in [-0.1, -0.05) is 44.0 Å². The molecule has 342 valence electrons. The smallest absolute Gasteiger partial charge is 0.433 e. The molecule has 0 bridgehead atoms. The molecule has 3 fully saturated rings. The molecule has 4 aliphatic heterocycles. The Morgan fingerprint density at radius 2 is 1.78 bits per heavy atom. The number of aromatic nitrogens is 5. The lowest BCUT2D eigenvalue weighted by molar-refractivity contribution is -0.141. The van der Waals surface area contributed by atoms with Crippen molar-refractivity contribution in [3.63, 3.8) is 0 Å². The van der Waals surface area contributed by atoms with Crippen LogP contribution in [0, 0.1) is 24.0 Å². The molecule has 3 aromatic heterocycles. The van der Waals surface area contributed by atoms with Gasteiger partial charge in [-0.25, -0.2) is 28.5 Å². The number of hydrogen-bond donors (Lipinski definition) is 0. The zero-order chi connectivity index (χ0) is 46.0. The molecule has 5 atom stereocenters. The zero-order valence-electron chi connectivity index (χ0n) is 37.0. The Balaban J connectivity index is 1.12. The van der Waals surface area contributed by atoms with Crippen LogP contribution in [0.3, 0.4) is 0 Å². The molecule has 0 unspecified atom stereocenters. The predicted octanol–water partition coefficient (Wildman–Crippen LogP) is 9.47. The fourth-order valence-electron chi connectivity index (χ4n) is 10.6. The molecule has 0 radical (unpaired) electrons. The number of alkyl halides is 3. The number of anilines is 1. The van der Waals surface area contributed by atoms with E-state index in [9.17, 15) is 18.0 Å². The van der Waals surface area contributed by atoms with Crippen LogP contribution in [0.15, 0.2) is 42.7 Å². The van der Waals surface area contributed by atoms with Gasteiger partial charge in [0.2, 0.25) is 5.88 Å². The number of halogens is 5. The van der Waals surface area contributed by atoms with Crippen molar-refractivity contribution in [1.29, 1.82) is 0 Å². The second kappa shape index (κ2) is 16.8. The van der Waals surface area contributed by atoms with Crippen molar-refractivity contribution in [2.45, 2.75) is 121 Å². The van der Waals surface area contributed by atoms with E-state index < -0.39 is 40.7 Å². The molecule has 9 rings (SSSR count). The number of carbonyl (C=O) groups excluding carboxylic acids is 1. The number of amides is 1. The van der Waals surface area contributed by atoms with Gasteiger partial charge in [0.05, 0.1) is 34.3 Å². The number of fused-ring (bicyclic) bond motifs is 4. The summed E-state index contributed by atoms with van der Waals surface area (Å²) in [7, 11) is 0. The molecular formula is C48H51F5N8O4. The van der Waals surface area contributed by atoms with E-state index in [2.05, 4.69) is 25.7 Å². The summed E-state index contributed by atoms with van der Waals surface area (Å²) in [6.07, 6.45) is 6.65. The molecule has 0 saturated carbocycles. The topological polar surface area (TPSA) is 119 Å². The number of rotatable bonds is 8. The first-order valence-corrected chi connectivity index (χ1v) is 22.3. The number of piperazine rings is 1. The lowest BCUT2D eigenvalue weighted by Gasteiger charge is -2.49. The average Bonchev–Trinajstić information content (AvgIpc) is 3.84. The maximum absolute atomic E-state index is 17.8. The maximum Gasteiger partial charge on any atom is 0.433 e. The predicted molar refractivity (Wildman–Crippen MR) is 234 cm³/mol. The zero-order valence-corrected chi connectivity index (χ0v) is 37.0. The molecule has 0 spiro atoms. The van der Waals surface area contributed by atoms with E-state index in [1.807, 2.05) is 34.6 Å². The van der Waals surface area contributed by atoms with Crippen LogP contribution in [-0.4, -0.2) is 103 Å². The van der Waals surface area contributed by atoms with Gasteiger partial charge in [-0.15, -0.1) is 6.42 Å². The number of terminal acetylenes is 1. The molecule has 4 aliphatic rings. The van der Waals surface area contributed by atoms with Gasteiger partial charge >= 0.3 is 18.3 Å². The first kappa shape index (κ1) is 44.3. The van der Waals surface area contributed by atoms with Gasteiger partial charge in [0.15, 0.2) is 11.5 Å². The van der Waals surface area contributed by atoms with E-state index in [0.717, 1.165) is 31.8 Å². The number of carbonyl (C=O) groups is 1. The van der Waals surface area contributed by atoms with E-state index in [1.54, 1.807) is 29.2 Å². The second-order valence-electron chi connectivity index (χ2n) is 18.6. The van der Waals surface area contributed by atoms with Crippen molar-refractivity contribution in [1.82, 2.24) is 34.7 Å². The van der Waals surface area contributed by atoms with Gasteiger partial charge in [-0.2, -0.15) is 23.1 Å². The number of nitrogens with zero attached hydrogens (tertiary/aromatic N) is 8. The molecule has 1 amide bonds. The number of pyridine rings is 1. The third kappa shape index (κ3) is 8.12. The highest BCUT2D eigenvalue weighted by Crippen LogP contribution is 2.46. The fourth-order valence-corrected chi connectivity index (χ4v) is 10.6. The van der Waals surface area contributed by atoms with E-state index in [4.69, 9.17) is 35.6 Å². The summed E-state index contributed by atoms with van der Waals surface area (Å²) in [6.45, 7) is 11.3. The van der Waals surface area contributed by atoms with E-state index in [-0.39, 0.29) is 65.9 Å². The Bertz CT molecular complexity index is 2710. The fraction of sp³-hybridized carbons (Fsp3) is 0.500. The first-order valence-electron chi connectivity index (χ1n) is 22.3. The number of hydrogen-bond acceptors (Lipinski definition) is 11. The lowest BCUT2D eigenvalue weighted by Crippen LogP contribution is -2.62. The minimum Gasteiger partial charge on any atom is -0.476 e. The third-order valence-electron chi connectivity index (χ3n) is 13.5. The van der Waals surface area contributed by atoms with Crippen LogP contribution < -0.4 is 14.4 Å². The van der Waals surface area contributed by atoms with Crippen molar-refractivity contribution in [3.8, 4) is 35.5 Å². The normalized spacial score (nSPS) is 23.5. The molecular weight excluding hydrogens is 848 g/mol. The Hall–Kier alpha value is -5.89. The van der Waals surface area contributed by atoms with Crippen LogP contribution in [0.1, 0.15) is 102 Å². The molecule has 0 N–H and O–H groups in total. The van der Waals surface area contributed by atoms with Crippen molar-refractivity contribution in [2.75, 3.05) is 37.7 Å². The van der Waals surface area contributed by atoms with Crippen LogP contribution in [0.25, 0.3) is 32.9 Å². The van der Waals surface area contributed by atoms with E-state index in [0.29, 0.717) is 78.4 Å². The van der Waals surface area contributed by atoms with Gasteiger partial charge in [0.25, 0.3) is 0 Å². The number of ether oxygens (including phenoxy) is 3. The van der Waals surface area contributed by atoms with Gasteiger partial charge in [-0.05, 0) is 89.6 Å². The van der Waals surface area contributed by atoms with Gasteiger partial charge in [0.1, 0.15) is 48.0 Å². The summed E-state index contributed by atoms with van der Waals surface area (Å²) < 4.78 is 91.4.